The molecule has 1 saturated heterocycles. The molecule has 1 aromatic rings. The van der Waals surface area contributed by atoms with Gasteiger partial charge in [0.15, 0.2) is 0 Å². The third-order valence-electron chi connectivity index (χ3n) is 4.19. The second kappa shape index (κ2) is 8.26. The van der Waals surface area contributed by atoms with Gasteiger partial charge in [0.1, 0.15) is 0 Å². The molecule has 130 valence electrons. The van der Waals surface area contributed by atoms with Crippen molar-refractivity contribution in [2.24, 2.45) is 5.92 Å². The lowest BCUT2D eigenvalue weighted by Gasteiger charge is -2.33. The smallest absolute Gasteiger partial charge is 0.243 e. The molecule has 1 aliphatic heterocycles. The lowest BCUT2D eigenvalue weighted by Crippen LogP contribution is -2.44. The molecule has 0 bridgehead atoms. The van der Waals surface area contributed by atoms with Crippen LogP contribution in [0.25, 0.3) is 0 Å². The van der Waals surface area contributed by atoms with Crippen LogP contribution in [0.5, 0.6) is 0 Å². The third kappa shape index (κ3) is 4.13. The molecule has 0 unspecified atom stereocenters. The number of carbonyl (C=O) groups excluding carboxylic acids is 1. The Bertz CT molecular complexity index is 667. The minimum absolute atomic E-state index is 0.0477. The van der Waals surface area contributed by atoms with E-state index >= 15 is 0 Å². The number of carbonyl (C=O) groups is 1. The Morgan fingerprint density at radius 1 is 1.12 bits per heavy atom. The first-order chi connectivity index (χ1) is 11.5. The Labute approximate surface area is 144 Å². The van der Waals surface area contributed by atoms with E-state index in [2.05, 4.69) is 13.2 Å². The van der Waals surface area contributed by atoms with E-state index in [9.17, 15) is 13.2 Å². The van der Waals surface area contributed by atoms with E-state index in [1.807, 2.05) is 0 Å². The Balaban J connectivity index is 2.01. The van der Waals surface area contributed by atoms with Crippen LogP contribution in [-0.2, 0) is 14.8 Å². The lowest BCUT2D eigenvalue weighted by molar-refractivity contribution is -0.135. The molecule has 0 N–H and O–H groups in total. The Morgan fingerprint density at radius 3 is 2.17 bits per heavy atom. The molecule has 0 aromatic heterocycles. The summed E-state index contributed by atoms with van der Waals surface area (Å²) in [5.41, 5.74) is 0. The Kier molecular flexibility index (Phi) is 6.34. The van der Waals surface area contributed by atoms with Crippen LogP contribution in [0.1, 0.15) is 12.8 Å². The summed E-state index contributed by atoms with van der Waals surface area (Å²) in [6.45, 7) is 9.03. The monoisotopic (exact) mass is 348 g/mol. The van der Waals surface area contributed by atoms with Crippen LogP contribution in [0.4, 0.5) is 0 Å². The normalized spacial score (nSPS) is 16.5. The van der Waals surface area contributed by atoms with Gasteiger partial charge in [-0.2, -0.15) is 4.31 Å². The molecule has 1 aromatic carbocycles. The van der Waals surface area contributed by atoms with E-state index in [1.165, 1.54) is 4.31 Å². The summed E-state index contributed by atoms with van der Waals surface area (Å²) in [6, 6.07) is 8.42. The molecule has 2 rings (SSSR count). The summed E-state index contributed by atoms with van der Waals surface area (Å²) in [5, 5.41) is 0. The van der Waals surface area contributed by atoms with Crippen LogP contribution < -0.4 is 0 Å². The molecule has 0 spiro atoms. The second-order valence-corrected chi connectivity index (χ2v) is 7.75. The molecule has 1 aliphatic rings. The van der Waals surface area contributed by atoms with Gasteiger partial charge in [-0.3, -0.25) is 4.79 Å². The maximum Gasteiger partial charge on any atom is 0.243 e. The van der Waals surface area contributed by atoms with Crippen molar-refractivity contribution in [1.29, 1.82) is 0 Å². The molecule has 0 atom stereocenters. The molecule has 1 fully saturated rings. The molecule has 6 heteroatoms. The SMILES string of the molecule is C=CCN(CC=C)C(=O)C1CCN(S(=O)(=O)c2ccccc2)CC1. The summed E-state index contributed by atoms with van der Waals surface area (Å²) in [7, 11) is -3.48. The molecule has 0 aliphatic carbocycles. The average Bonchev–Trinajstić information content (AvgIpc) is 2.62. The van der Waals surface area contributed by atoms with Gasteiger partial charge in [0, 0.05) is 32.1 Å². The van der Waals surface area contributed by atoms with Crippen molar-refractivity contribution in [2.75, 3.05) is 26.2 Å². The van der Waals surface area contributed by atoms with Crippen molar-refractivity contribution in [3.8, 4) is 0 Å². The number of nitrogens with zero attached hydrogens (tertiary/aromatic N) is 2. The number of benzene rings is 1. The van der Waals surface area contributed by atoms with E-state index in [0.29, 0.717) is 43.9 Å². The maximum absolute atomic E-state index is 12.6. The topological polar surface area (TPSA) is 57.7 Å². The number of hydrogen-bond acceptors (Lipinski definition) is 3. The standard InChI is InChI=1S/C18H24N2O3S/c1-3-12-19(13-4-2)18(21)16-10-14-20(15-11-16)24(22,23)17-8-6-5-7-9-17/h3-9,16H,1-2,10-15H2. The highest BCUT2D eigenvalue weighted by Crippen LogP contribution is 2.25. The first kappa shape index (κ1) is 18.4. The van der Waals surface area contributed by atoms with E-state index in [-0.39, 0.29) is 11.8 Å². The predicted molar refractivity (Wildman–Crippen MR) is 94.9 cm³/mol. The highest BCUT2D eigenvalue weighted by atomic mass is 32.2. The molecule has 0 saturated carbocycles. The number of piperidine rings is 1. The van der Waals surface area contributed by atoms with Crippen molar-refractivity contribution in [3.63, 3.8) is 0 Å². The van der Waals surface area contributed by atoms with Crippen LogP contribution in [0, 0.1) is 5.92 Å². The minimum Gasteiger partial charge on any atom is -0.335 e. The summed E-state index contributed by atoms with van der Waals surface area (Å²) in [6.07, 6.45) is 4.46. The van der Waals surface area contributed by atoms with Crippen molar-refractivity contribution in [2.45, 2.75) is 17.7 Å². The molecular formula is C18H24N2O3S. The highest BCUT2D eigenvalue weighted by molar-refractivity contribution is 7.89. The zero-order valence-electron chi connectivity index (χ0n) is 13.8. The van der Waals surface area contributed by atoms with Gasteiger partial charge in [-0.05, 0) is 25.0 Å². The molecular weight excluding hydrogens is 324 g/mol. The molecule has 24 heavy (non-hydrogen) atoms. The van der Waals surface area contributed by atoms with Crippen LogP contribution >= 0.6 is 0 Å². The number of sulfonamides is 1. The van der Waals surface area contributed by atoms with E-state index in [1.54, 1.807) is 47.4 Å². The van der Waals surface area contributed by atoms with Gasteiger partial charge in [0.25, 0.3) is 0 Å². The van der Waals surface area contributed by atoms with Crippen molar-refractivity contribution in [3.05, 3.63) is 55.6 Å². The summed E-state index contributed by atoms with van der Waals surface area (Å²) in [5.74, 6) is -0.0984. The highest BCUT2D eigenvalue weighted by Gasteiger charge is 2.33. The van der Waals surface area contributed by atoms with Gasteiger partial charge < -0.3 is 4.90 Å². The summed E-state index contributed by atoms with van der Waals surface area (Å²) >= 11 is 0. The van der Waals surface area contributed by atoms with E-state index in [0.717, 1.165) is 0 Å². The van der Waals surface area contributed by atoms with E-state index < -0.39 is 10.0 Å². The largest absolute Gasteiger partial charge is 0.335 e. The predicted octanol–water partition coefficient (Wildman–Crippen LogP) is 2.29. The van der Waals surface area contributed by atoms with Crippen molar-refractivity contribution < 1.29 is 13.2 Å². The fourth-order valence-corrected chi connectivity index (χ4v) is 4.40. The Hall–Kier alpha value is -1.92. The minimum atomic E-state index is -3.48. The van der Waals surface area contributed by atoms with Crippen LogP contribution in [0.2, 0.25) is 0 Å². The van der Waals surface area contributed by atoms with Crippen molar-refractivity contribution in [1.82, 2.24) is 9.21 Å². The van der Waals surface area contributed by atoms with Gasteiger partial charge in [0.2, 0.25) is 15.9 Å². The molecule has 5 nitrogen and oxygen atoms in total. The quantitative estimate of drug-likeness (QED) is 0.711. The summed E-state index contributed by atoms with van der Waals surface area (Å²) < 4.78 is 26.7. The summed E-state index contributed by atoms with van der Waals surface area (Å²) in [4.78, 5) is 14.6. The first-order valence-electron chi connectivity index (χ1n) is 8.06. The third-order valence-corrected chi connectivity index (χ3v) is 6.11. The van der Waals surface area contributed by atoms with Gasteiger partial charge in [-0.15, -0.1) is 13.2 Å². The van der Waals surface area contributed by atoms with Gasteiger partial charge in [0.05, 0.1) is 4.90 Å². The average molecular weight is 348 g/mol. The molecule has 1 amide bonds. The van der Waals surface area contributed by atoms with Gasteiger partial charge in [-0.25, -0.2) is 8.42 Å². The Morgan fingerprint density at radius 2 is 1.67 bits per heavy atom. The fraction of sp³-hybridized carbons (Fsp3) is 0.389. The van der Waals surface area contributed by atoms with Crippen molar-refractivity contribution >= 4 is 15.9 Å². The first-order valence-corrected chi connectivity index (χ1v) is 9.50. The number of amides is 1. The zero-order valence-corrected chi connectivity index (χ0v) is 14.6. The van der Waals surface area contributed by atoms with Crippen LogP contribution in [-0.4, -0.2) is 49.7 Å². The number of rotatable bonds is 7. The fourth-order valence-electron chi connectivity index (χ4n) is 2.91. The van der Waals surface area contributed by atoms with Crippen LogP contribution in [0.3, 0.4) is 0 Å². The maximum atomic E-state index is 12.6. The molecule has 0 radical (unpaired) electrons. The van der Waals surface area contributed by atoms with Gasteiger partial charge >= 0.3 is 0 Å². The lowest BCUT2D eigenvalue weighted by atomic mass is 9.96. The second-order valence-electron chi connectivity index (χ2n) is 5.81. The van der Waals surface area contributed by atoms with E-state index in [4.69, 9.17) is 0 Å². The zero-order chi connectivity index (χ0) is 17.6. The molecule has 1 heterocycles. The van der Waals surface area contributed by atoms with Crippen LogP contribution in [0.15, 0.2) is 60.5 Å². The number of hydrogen-bond donors (Lipinski definition) is 0. The van der Waals surface area contributed by atoms with Gasteiger partial charge in [-0.1, -0.05) is 30.4 Å².